The second-order valence-electron chi connectivity index (χ2n) is 5.98. The maximum Gasteiger partial charge on any atom is 0.251 e. The molecule has 1 aromatic rings. The second kappa shape index (κ2) is 6.06. The van der Waals surface area contributed by atoms with Crippen LogP contribution in [0.25, 0.3) is 0 Å². The third-order valence-corrected chi connectivity index (χ3v) is 3.31. The lowest BCUT2D eigenvalue weighted by atomic mass is 9.84. The Kier molecular flexibility index (Phi) is 4.95. The van der Waals surface area contributed by atoms with Gasteiger partial charge in [-0.2, -0.15) is 0 Å². The molecule has 0 fully saturated rings. The van der Waals surface area contributed by atoms with Crippen LogP contribution in [0.3, 0.4) is 0 Å². The van der Waals surface area contributed by atoms with Crippen LogP contribution in [0.15, 0.2) is 18.2 Å². The third kappa shape index (κ3) is 4.24. The number of nitrogen functional groups attached to an aromatic ring is 1. The number of aliphatic hydroxyl groups excluding tert-OH is 1. The molecule has 0 aliphatic rings. The van der Waals surface area contributed by atoms with E-state index in [4.69, 9.17) is 10.8 Å². The van der Waals surface area contributed by atoms with Crippen LogP contribution in [-0.2, 0) is 0 Å². The van der Waals surface area contributed by atoms with Crippen LogP contribution in [0.5, 0.6) is 0 Å². The van der Waals surface area contributed by atoms with E-state index in [2.05, 4.69) is 5.32 Å². The van der Waals surface area contributed by atoms with Crippen molar-refractivity contribution in [2.75, 3.05) is 12.3 Å². The van der Waals surface area contributed by atoms with Crippen LogP contribution in [0, 0.1) is 12.3 Å². The summed E-state index contributed by atoms with van der Waals surface area (Å²) in [6, 6.07) is 5.21. The fourth-order valence-corrected chi connectivity index (χ4v) is 1.87. The Labute approximate surface area is 115 Å². The van der Waals surface area contributed by atoms with Crippen molar-refractivity contribution in [3.8, 4) is 0 Å². The zero-order valence-electron chi connectivity index (χ0n) is 12.2. The number of hydrogen-bond donors (Lipinski definition) is 3. The van der Waals surface area contributed by atoms with Gasteiger partial charge in [-0.05, 0) is 36.5 Å². The molecule has 1 unspecified atom stereocenters. The summed E-state index contributed by atoms with van der Waals surface area (Å²) >= 11 is 0. The number of hydrogen-bond acceptors (Lipinski definition) is 3. The molecule has 0 spiro atoms. The fraction of sp³-hybridized carbons (Fsp3) is 0.533. The van der Waals surface area contributed by atoms with Crippen molar-refractivity contribution in [3.05, 3.63) is 29.3 Å². The molecule has 106 valence electrons. The van der Waals surface area contributed by atoms with Gasteiger partial charge in [0.2, 0.25) is 0 Å². The fourth-order valence-electron chi connectivity index (χ4n) is 1.87. The number of aliphatic hydroxyl groups is 1. The topological polar surface area (TPSA) is 75.3 Å². The number of amides is 1. The van der Waals surface area contributed by atoms with Gasteiger partial charge >= 0.3 is 0 Å². The van der Waals surface area contributed by atoms with Crippen molar-refractivity contribution in [2.24, 2.45) is 5.41 Å². The summed E-state index contributed by atoms with van der Waals surface area (Å²) in [5.41, 5.74) is 7.83. The average Bonchev–Trinajstić information content (AvgIpc) is 2.30. The van der Waals surface area contributed by atoms with E-state index in [1.807, 2.05) is 33.8 Å². The van der Waals surface area contributed by atoms with Gasteiger partial charge in [0.25, 0.3) is 5.91 Å². The number of rotatable bonds is 4. The highest BCUT2D eigenvalue weighted by Gasteiger charge is 2.26. The van der Waals surface area contributed by atoms with Crippen LogP contribution < -0.4 is 11.1 Å². The van der Waals surface area contributed by atoms with E-state index in [1.54, 1.807) is 12.1 Å². The minimum absolute atomic E-state index is 0.0538. The highest BCUT2D eigenvalue weighted by molar-refractivity contribution is 5.95. The molecule has 4 N–H and O–H groups in total. The van der Waals surface area contributed by atoms with Gasteiger partial charge in [-0.15, -0.1) is 0 Å². The zero-order valence-corrected chi connectivity index (χ0v) is 12.2. The summed E-state index contributed by atoms with van der Waals surface area (Å²) in [6.07, 6.45) is 0.538. The highest BCUT2D eigenvalue weighted by atomic mass is 16.3. The minimum Gasteiger partial charge on any atom is -0.398 e. The smallest absolute Gasteiger partial charge is 0.251 e. The molecule has 4 heteroatoms. The molecule has 0 aliphatic carbocycles. The lowest BCUT2D eigenvalue weighted by Crippen LogP contribution is -2.44. The Hall–Kier alpha value is -1.55. The Morgan fingerprint density at radius 2 is 2.05 bits per heavy atom. The zero-order chi connectivity index (χ0) is 14.6. The average molecular weight is 264 g/mol. The number of nitrogens with two attached hydrogens (primary N) is 1. The largest absolute Gasteiger partial charge is 0.398 e. The first kappa shape index (κ1) is 15.5. The van der Waals surface area contributed by atoms with Crippen molar-refractivity contribution < 1.29 is 9.90 Å². The van der Waals surface area contributed by atoms with Crippen LogP contribution >= 0.6 is 0 Å². The van der Waals surface area contributed by atoms with Gasteiger partial charge < -0.3 is 16.2 Å². The molecule has 0 heterocycles. The van der Waals surface area contributed by atoms with Gasteiger partial charge in [0.15, 0.2) is 0 Å². The third-order valence-electron chi connectivity index (χ3n) is 3.31. The summed E-state index contributed by atoms with van der Waals surface area (Å²) in [5, 5.41) is 12.1. The van der Waals surface area contributed by atoms with E-state index in [0.717, 1.165) is 5.56 Å². The number of aryl methyl sites for hydroxylation is 1. The highest BCUT2D eigenvalue weighted by Crippen LogP contribution is 2.22. The molecule has 1 aromatic carbocycles. The van der Waals surface area contributed by atoms with Gasteiger partial charge in [-0.1, -0.05) is 26.8 Å². The van der Waals surface area contributed by atoms with Crippen LogP contribution in [0.2, 0.25) is 0 Å². The summed E-state index contributed by atoms with van der Waals surface area (Å²) in [4.78, 5) is 12.2. The maximum absolute atomic E-state index is 12.2. The van der Waals surface area contributed by atoms with Crippen molar-refractivity contribution in [1.29, 1.82) is 0 Å². The quantitative estimate of drug-likeness (QED) is 0.729. The molecule has 0 saturated heterocycles. The van der Waals surface area contributed by atoms with Gasteiger partial charge in [0.1, 0.15) is 0 Å². The number of anilines is 1. The van der Waals surface area contributed by atoms with Crippen molar-refractivity contribution >= 4 is 11.6 Å². The molecule has 0 radical (unpaired) electrons. The van der Waals surface area contributed by atoms with E-state index in [1.165, 1.54) is 0 Å². The first-order chi connectivity index (χ1) is 8.75. The van der Waals surface area contributed by atoms with Gasteiger partial charge in [0.05, 0.1) is 0 Å². The Balaban J connectivity index is 2.84. The number of benzene rings is 1. The second-order valence-corrected chi connectivity index (χ2v) is 5.98. The van der Waals surface area contributed by atoms with Crippen molar-refractivity contribution in [3.63, 3.8) is 0 Å². The molecule has 0 bridgehead atoms. The Bertz CT molecular complexity index is 450. The molecule has 19 heavy (non-hydrogen) atoms. The van der Waals surface area contributed by atoms with E-state index >= 15 is 0 Å². The molecule has 4 nitrogen and oxygen atoms in total. The summed E-state index contributed by atoms with van der Waals surface area (Å²) in [7, 11) is 0. The molecule has 1 rings (SSSR count). The maximum atomic E-state index is 12.2. The summed E-state index contributed by atoms with van der Waals surface area (Å²) in [6.45, 7) is 8.07. The number of carbonyl (C=O) groups excluding carboxylic acids is 1. The molecule has 1 amide bonds. The first-order valence-corrected chi connectivity index (χ1v) is 6.53. The van der Waals surface area contributed by atoms with Crippen LogP contribution in [0.1, 0.15) is 43.1 Å². The molecule has 0 aliphatic heterocycles. The van der Waals surface area contributed by atoms with Gasteiger partial charge in [-0.3, -0.25) is 4.79 Å². The normalized spacial score (nSPS) is 13.1. The Morgan fingerprint density at radius 1 is 1.42 bits per heavy atom. The first-order valence-electron chi connectivity index (χ1n) is 6.53. The Morgan fingerprint density at radius 3 is 2.53 bits per heavy atom. The lowest BCUT2D eigenvalue weighted by Gasteiger charge is -2.31. The molecule has 0 aromatic heterocycles. The predicted octanol–water partition coefficient (Wildman–Crippen LogP) is 2.10. The van der Waals surface area contributed by atoms with E-state index < -0.39 is 0 Å². The SMILES string of the molecule is Cc1ccc(C(=O)NC(CCO)C(C)(C)C)cc1N. The standard InChI is InChI=1S/C15H24N2O2/c1-10-5-6-11(9-12(10)16)14(19)17-13(7-8-18)15(2,3)4/h5-6,9,13,18H,7-8,16H2,1-4H3,(H,17,19). The van der Waals surface area contributed by atoms with E-state index in [9.17, 15) is 4.79 Å². The van der Waals surface area contributed by atoms with E-state index in [-0.39, 0.29) is 24.0 Å². The van der Waals surface area contributed by atoms with Crippen molar-refractivity contribution in [1.82, 2.24) is 5.32 Å². The lowest BCUT2D eigenvalue weighted by molar-refractivity contribution is 0.0885. The molecule has 1 atom stereocenters. The monoisotopic (exact) mass is 264 g/mol. The van der Waals surface area contributed by atoms with Crippen LogP contribution in [0.4, 0.5) is 5.69 Å². The molecular formula is C15H24N2O2. The number of carbonyl (C=O) groups is 1. The molecular weight excluding hydrogens is 240 g/mol. The van der Waals surface area contributed by atoms with E-state index in [0.29, 0.717) is 17.7 Å². The van der Waals surface area contributed by atoms with Gasteiger partial charge in [-0.25, -0.2) is 0 Å². The van der Waals surface area contributed by atoms with Gasteiger partial charge in [0, 0.05) is 23.9 Å². The van der Waals surface area contributed by atoms with Crippen molar-refractivity contribution in [2.45, 2.75) is 40.2 Å². The number of nitrogens with one attached hydrogen (secondary N) is 1. The summed E-state index contributed by atoms with van der Waals surface area (Å²) < 4.78 is 0. The molecule has 0 saturated carbocycles. The summed E-state index contributed by atoms with van der Waals surface area (Å²) in [5.74, 6) is -0.153. The van der Waals surface area contributed by atoms with Crippen LogP contribution in [-0.4, -0.2) is 23.7 Å². The predicted molar refractivity (Wildman–Crippen MR) is 78.0 cm³/mol. The minimum atomic E-state index is -0.153.